The molecule has 0 saturated carbocycles. The van der Waals surface area contributed by atoms with E-state index < -0.39 is 5.97 Å². The third-order valence-corrected chi connectivity index (χ3v) is 4.13. The molecule has 0 saturated heterocycles. The van der Waals surface area contributed by atoms with Gasteiger partial charge in [0.15, 0.2) is 0 Å². The van der Waals surface area contributed by atoms with Crippen LogP contribution >= 0.6 is 11.6 Å². The fourth-order valence-electron chi connectivity index (χ4n) is 2.54. The van der Waals surface area contributed by atoms with E-state index in [1.807, 2.05) is 24.3 Å². The minimum atomic E-state index is -0.407. The van der Waals surface area contributed by atoms with Crippen molar-refractivity contribution in [2.75, 3.05) is 7.11 Å². The van der Waals surface area contributed by atoms with Crippen molar-refractivity contribution in [3.8, 4) is 0 Å². The molecule has 0 spiro atoms. The van der Waals surface area contributed by atoms with Gasteiger partial charge in [-0.25, -0.2) is 4.68 Å². The van der Waals surface area contributed by atoms with E-state index in [1.54, 1.807) is 24.3 Å². The summed E-state index contributed by atoms with van der Waals surface area (Å²) in [5, 5.41) is 6.10. The van der Waals surface area contributed by atoms with Gasteiger partial charge < -0.3 is 4.74 Å². The van der Waals surface area contributed by atoms with E-state index >= 15 is 0 Å². The van der Waals surface area contributed by atoms with Gasteiger partial charge in [-0.3, -0.25) is 9.59 Å². The van der Waals surface area contributed by atoms with Crippen molar-refractivity contribution in [1.29, 1.82) is 0 Å². The quantitative estimate of drug-likeness (QED) is 0.684. The molecule has 24 heavy (non-hydrogen) atoms. The highest BCUT2D eigenvalue weighted by Gasteiger charge is 2.14. The molecule has 3 rings (SSSR count). The zero-order valence-electron chi connectivity index (χ0n) is 13.0. The number of carbonyl (C=O) groups excluding carboxylic acids is 1. The van der Waals surface area contributed by atoms with Crippen molar-refractivity contribution < 1.29 is 9.53 Å². The van der Waals surface area contributed by atoms with Crippen LogP contribution in [0.4, 0.5) is 0 Å². The normalized spacial score (nSPS) is 10.8. The van der Waals surface area contributed by atoms with E-state index in [9.17, 15) is 9.59 Å². The Hall–Kier alpha value is -2.66. The van der Waals surface area contributed by atoms with E-state index in [0.29, 0.717) is 21.5 Å². The second kappa shape index (κ2) is 6.84. The molecule has 0 unspecified atom stereocenters. The van der Waals surface area contributed by atoms with E-state index in [2.05, 4.69) is 5.10 Å². The van der Waals surface area contributed by atoms with Crippen LogP contribution < -0.4 is 5.56 Å². The number of ether oxygens (including phenoxy) is 1. The van der Waals surface area contributed by atoms with Crippen molar-refractivity contribution >= 4 is 28.3 Å². The zero-order chi connectivity index (χ0) is 17.1. The standard InChI is InChI=1S/C18H15ClN2O3/c1-24-17(22)10-16-13-7-3-4-8-14(13)18(23)21(20-16)11-12-6-2-5-9-15(12)19/h2-9H,10-11H2,1H3. The molecule has 0 atom stereocenters. The fraction of sp³-hybridized carbons (Fsp3) is 0.167. The molecule has 0 bridgehead atoms. The van der Waals surface area contributed by atoms with Gasteiger partial charge in [0.25, 0.3) is 5.56 Å². The number of methoxy groups -OCH3 is 1. The summed E-state index contributed by atoms with van der Waals surface area (Å²) in [5.41, 5.74) is 1.07. The lowest BCUT2D eigenvalue weighted by atomic mass is 10.1. The lowest BCUT2D eigenvalue weighted by Crippen LogP contribution is -2.26. The Bertz CT molecular complexity index is 966. The highest BCUT2D eigenvalue weighted by molar-refractivity contribution is 6.31. The minimum absolute atomic E-state index is 0.000183. The number of hydrogen-bond acceptors (Lipinski definition) is 4. The number of esters is 1. The second-order valence-corrected chi connectivity index (χ2v) is 5.71. The first-order chi connectivity index (χ1) is 11.6. The van der Waals surface area contributed by atoms with Gasteiger partial charge in [-0.2, -0.15) is 5.10 Å². The zero-order valence-corrected chi connectivity index (χ0v) is 13.8. The van der Waals surface area contributed by atoms with Crippen LogP contribution in [0.2, 0.25) is 5.02 Å². The average molecular weight is 343 g/mol. The minimum Gasteiger partial charge on any atom is -0.469 e. The maximum atomic E-state index is 12.7. The molecule has 5 nitrogen and oxygen atoms in total. The monoisotopic (exact) mass is 342 g/mol. The molecule has 0 aliphatic heterocycles. The molecular weight excluding hydrogens is 328 g/mol. The van der Waals surface area contributed by atoms with Crippen molar-refractivity contribution in [2.24, 2.45) is 0 Å². The van der Waals surface area contributed by atoms with Crippen molar-refractivity contribution in [1.82, 2.24) is 9.78 Å². The molecule has 3 aromatic rings. The van der Waals surface area contributed by atoms with Gasteiger partial charge in [-0.1, -0.05) is 48.0 Å². The van der Waals surface area contributed by atoms with Crippen LogP contribution in [0.15, 0.2) is 53.3 Å². The Kier molecular flexibility index (Phi) is 4.62. The molecular formula is C18H15ClN2O3. The Morgan fingerprint density at radius 1 is 1.12 bits per heavy atom. The molecule has 1 heterocycles. The molecule has 6 heteroatoms. The van der Waals surface area contributed by atoms with Gasteiger partial charge in [-0.15, -0.1) is 0 Å². The molecule has 2 aromatic carbocycles. The van der Waals surface area contributed by atoms with Gasteiger partial charge >= 0.3 is 5.97 Å². The predicted molar refractivity (Wildman–Crippen MR) is 92.3 cm³/mol. The van der Waals surface area contributed by atoms with Gasteiger partial charge in [0.05, 0.1) is 31.2 Å². The van der Waals surface area contributed by atoms with Crippen LogP contribution in [-0.4, -0.2) is 22.9 Å². The third kappa shape index (κ3) is 3.16. The Morgan fingerprint density at radius 3 is 2.50 bits per heavy atom. The highest BCUT2D eigenvalue weighted by atomic mass is 35.5. The highest BCUT2D eigenvalue weighted by Crippen LogP contribution is 2.18. The third-order valence-electron chi connectivity index (χ3n) is 3.76. The summed E-state index contributed by atoms with van der Waals surface area (Å²) < 4.78 is 6.06. The van der Waals surface area contributed by atoms with Gasteiger partial charge in [-0.05, 0) is 17.7 Å². The largest absolute Gasteiger partial charge is 0.469 e. The average Bonchev–Trinajstić information content (AvgIpc) is 2.60. The maximum absolute atomic E-state index is 12.7. The molecule has 0 N–H and O–H groups in total. The predicted octanol–water partition coefficient (Wildman–Crippen LogP) is 2.81. The Labute approximate surface area is 143 Å². The molecule has 0 fully saturated rings. The van der Waals surface area contributed by atoms with E-state index in [0.717, 1.165) is 5.56 Å². The molecule has 0 amide bonds. The lowest BCUT2D eigenvalue weighted by Gasteiger charge is -2.11. The fourth-order valence-corrected chi connectivity index (χ4v) is 2.74. The first-order valence-corrected chi connectivity index (χ1v) is 7.77. The smallest absolute Gasteiger partial charge is 0.311 e. The molecule has 1 aromatic heterocycles. The first kappa shape index (κ1) is 16.2. The summed E-state index contributed by atoms with van der Waals surface area (Å²) in [6.07, 6.45) is -0.000183. The summed E-state index contributed by atoms with van der Waals surface area (Å²) in [6, 6.07) is 14.4. The van der Waals surface area contributed by atoms with Crippen LogP contribution in [0.5, 0.6) is 0 Å². The molecule has 122 valence electrons. The second-order valence-electron chi connectivity index (χ2n) is 5.30. The number of carbonyl (C=O) groups is 1. The summed E-state index contributed by atoms with van der Waals surface area (Å²) in [4.78, 5) is 24.4. The van der Waals surface area contributed by atoms with Gasteiger partial charge in [0.1, 0.15) is 0 Å². The van der Waals surface area contributed by atoms with Crippen LogP contribution in [-0.2, 0) is 22.5 Å². The van der Waals surface area contributed by atoms with Crippen LogP contribution in [0.3, 0.4) is 0 Å². The van der Waals surface area contributed by atoms with Gasteiger partial charge in [0, 0.05) is 10.4 Å². The summed E-state index contributed by atoms with van der Waals surface area (Å²) >= 11 is 6.17. The number of rotatable bonds is 4. The van der Waals surface area contributed by atoms with Crippen molar-refractivity contribution in [3.05, 3.63) is 75.2 Å². The van der Waals surface area contributed by atoms with Crippen LogP contribution in [0, 0.1) is 0 Å². The number of benzene rings is 2. The summed E-state index contributed by atoms with van der Waals surface area (Å²) in [5.74, 6) is -0.407. The van der Waals surface area contributed by atoms with Gasteiger partial charge in [0.2, 0.25) is 0 Å². The van der Waals surface area contributed by atoms with Crippen molar-refractivity contribution in [3.63, 3.8) is 0 Å². The molecule has 0 aliphatic carbocycles. The molecule has 0 radical (unpaired) electrons. The summed E-state index contributed by atoms with van der Waals surface area (Å²) in [6.45, 7) is 0.234. The summed E-state index contributed by atoms with van der Waals surface area (Å²) in [7, 11) is 1.32. The topological polar surface area (TPSA) is 61.2 Å². The Balaban J connectivity index is 2.14. The lowest BCUT2D eigenvalue weighted by molar-refractivity contribution is -0.139. The number of hydrogen-bond donors (Lipinski definition) is 0. The molecule has 0 aliphatic rings. The number of fused-ring (bicyclic) bond motifs is 1. The van der Waals surface area contributed by atoms with Crippen LogP contribution in [0.25, 0.3) is 10.8 Å². The Morgan fingerprint density at radius 2 is 1.79 bits per heavy atom. The van der Waals surface area contributed by atoms with E-state index in [4.69, 9.17) is 16.3 Å². The number of aromatic nitrogens is 2. The van der Waals surface area contributed by atoms with E-state index in [-0.39, 0.29) is 18.5 Å². The maximum Gasteiger partial charge on any atom is 0.311 e. The SMILES string of the molecule is COC(=O)Cc1nn(Cc2ccccc2Cl)c(=O)c2ccccc12. The number of halogens is 1. The van der Waals surface area contributed by atoms with E-state index in [1.165, 1.54) is 11.8 Å². The first-order valence-electron chi connectivity index (χ1n) is 7.39. The van der Waals surface area contributed by atoms with Crippen molar-refractivity contribution in [2.45, 2.75) is 13.0 Å². The number of nitrogens with zero attached hydrogens (tertiary/aromatic N) is 2. The van der Waals surface area contributed by atoms with Crippen LogP contribution in [0.1, 0.15) is 11.3 Å².